The number of hydrogen-bond donors (Lipinski definition) is 1. The van der Waals surface area contributed by atoms with Crippen molar-refractivity contribution >= 4 is 11.9 Å². The molecule has 0 saturated carbocycles. The number of ether oxygens (including phenoxy) is 2. The number of rotatable bonds is 43. The standard InChI is InChI=1S/C50H99N3O4/c1-5-9-13-17-19-27-35-47(33-25-15-11-7-3)49(54)56-45-31-23-21-29-39-52(43-44-53-41-37-51-38-42-53)40-30-22-24-32-46-57-50(55)48(34-26-16-12-8-4)36-28-20-18-14-10-6-2/h47-48,51H,5-46H2,1-4H3. The van der Waals surface area contributed by atoms with Crippen LogP contribution in [-0.2, 0) is 19.1 Å². The molecule has 1 fully saturated rings. The zero-order valence-corrected chi connectivity index (χ0v) is 38.9. The average molecular weight is 806 g/mol. The van der Waals surface area contributed by atoms with Crippen LogP contribution >= 0.6 is 0 Å². The maximum absolute atomic E-state index is 13.1. The Morgan fingerprint density at radius 3 is 1.19 bits per heavy atom. The van der Waals surface area contributed by atoms with E-state index < -0.39 is 0 Å². The van der Waals surface area contributed by atoms with E-state index in [2.05, 4.69) is 42.8 Å². The van der Waals surface area contributed by atoms with Gasteiger partial charge >= 0.3 is 11.9 Å². The van der Waals surface area contributed by atoms with E-state index in [-0.39, 0.29) is 23.8 Å². The molecule has 2 atom stereocenters. The van der Waals surface area contributed by atoms with E-state index in [0.29, 0.717) is 13.2 Å². The van der Waals surface area contributed by atoms with Crippen LogP contribution in [0.3, 0.4) is 0 Å². The molecule has 0 aliphatic carbocycles. The molecule has 1 aliphatic rings. The lowest BCUT2D eigenvalue weighted by Gasteiger charge is -2.30. The molecule has 57 heavy (non-hydrogen) atoms. The predicted octanol–water partition coefficient (Wildman–Crippen LogP) is 13.1. The lowest BCUT2D eigenvalue weighted by atomic mass is 9.94. The van der Waals surface area contributed by atoms with Crippen molar-refractivity contribution in [3.8, 4) is 0 Å². The molecule has 1 saturated heterocycles. The van der Waals surface area contributed by atoms with Crippen LogP contribution in [0.15, 0.2) is 0 Å². The van der Waals surface area contributed by atoms with E-state index in [4.69, 9.17) is 9.47 Å². The summed E-state index contributed by atoms with van der Waals surface area (Å²) in [7, 11) is 0. The minimum Gasteiger partial charge on any atom is -0.465 e. The summed E-state index contributed by atoms with van der Waals surface area (Å²) in [6, 6.07) is 0. The first-order chi connectivity index (χ1) is 28.0. The minimum absolute atomic E-state index is 0.0720. The molecule has 0 amide bonds. The number of unbranched alkanes of at least 4 members (excludes halogenated alkanes) is 22. The molecular formula is C50H99N3O4. The number of nitrogens with one attached hydrogen (secondary N) is 1. The highest BCUT2D eigenvalue weighted by Gasteiger charge is 2.21. The van der Waals surface area contributed by atoms with E-state index in [0.717, 1.165) is 129 Å². The van der Waals surface area contributed by atoms with Crippen molar-refractivity contribution < 1.29 is 19.1 Å². The topological polar surface area (TPSA) is 71.1 Å². The molecule has 338 valence electrons. The van der Waals surface area contributed by atoms with Crippen molar-refractivity contribution in [3.05, 3.63) is 0 Å². The largest absolute Gasteiger partial charge is 0.465 e. The number of esters is 2. The number of nitrogens with zero attached hydrogens (tertiary/aromatic N) is 2. The van der Waals surface area contributed by atoms with Gasteiger partial charge in [-0.2, -0.15) is 0 Å². The second-order valence-electron chi connectivity index (χ2n) is 17.8. The quantitative estimate of drug-likeness (QED) is 0.0486. The minimum atomic E-state index is 0.0720. The fraction of sp³-hybridized carbons (Fsp3) is 0.960. The highest BCUT2D eigenvalue weighted by Crippen LogP contribution is 2.22. The fourth-order valence-corrected chi connectivity index (χ4v) is 8.45. The van der Waals surface area contributed by atoms with Gasteiger partial charge in [0, 0.05) is 39.3 Å². The SMILES string of the molecule is CCCCCCCCC(CCCCCC)C(=O)OCCCCCCN(CCCCCCOC(=O)C(CCCCCC)CCCCCCCC)CCN1CCNCC1. The van der Waals surface area contributed by atoms with Crippen LogP contribution in [0.1, 0.15) is 233 Å². The van der Waals surface area contributed by atoms with Crippen LogP contribution in [0, 0.1) is 11.8 Å². The number of hydrogen-bond acceptors (Lipinski definition) is 7. The maximum Gasteiger partial charge on any atom is 0.308 e. The summed E-state index contributed by atoms with van der Waals surface area (Å²) in [6.07, 6.45) is 38.2. The van der Waals surface area contributed by atoms with Crippen molar-refractivity contribution in [3.63, 3.8) is 0 Å². The first-order valence-electron chi connectivity index (χ1n) is 25.5. The lowest BCUT2D eigenvalue weighted by molar-refractivity contribution is -0.150. The Balaban J connectivity index is 2.38. The molecule has 0 aromatic heterocycles. The van der Waals surface area contributed by atoms with Gasteiger partial charge in [-0.15, -0.1) is 0 Å². The summed E-state index contributed by atoms with van der Waals surface area (Å²) >= 11 is 0. The zero-order chi connectivity index (χ0) is 41.3. The molecule has 1 N–H and O–H groups in total. The Labute approximate surface area is 355 Å². The highest BCUT2D eigenvalue weighted by molar-refractivity contribution is 5.72. The van der Waals surface area contributed by atoms with Crippen LogP contribution < -0.4 is 5.32 Å². The molecule has 1 heterocycles. The molecule has 1 aliphatic heterocycles. The molecule has 2 unspecified atom stereocenters. The summed E-state index contributed by atoms with van der Waals surface area (Å²) < 4.78 is 11.7. The summed E-state index contributed by atoms with van der Waals surface area (Å²) in [5.74, 6) is 0.347. The van der Waals surface area contributed by atoms with Crippen molar-refractivity contribution in [1.29, 1.82) is 0 Å². The third-order valence-corrected chi connectivity index (χ3v) is 12.5. The van der Waals surface area contributed by atoms with Crippen molar-refractivity contribution in [2.75, 3.05) is 65.6 Å². The Morgan fingerprint density at radius 2 is 0.789 bits per heavy atom. The van der Waals surface area contributed by atoms with Gasteiger partial charge in [0.15, 0.2) is 0 Å². The van der Waals surface area contributed by atoms with Gasteiger partial charge in [0.2, 0.25) is 0 Å². The van der Waals surface area contributed by atoms with E-state index in [1.807, 2.05) is 0 Å². The molecule has 7 heteroatoms. The molecule has 1 rings (SSSR count). The van der Waals surface area contributed by atoms with E-state index in [9.17, 15) is 9.59 Å². The Bertz CT molecular complexity index is 809. The van der Waals surface area contributed by atoms with Crippen LogP contribution in [0.25, 0.3) is 0 Å². The van der Waals surface area contributed by atoms with Crippen molar-refractivity contribution in [1.82, 2.24) is 15.1 Å². The van der Waals surface area contributed by atoms with Crippen LogP contribution in [0.2, 0.25) is 0 Å². The van der Waals surface area contributed by atoms with Gasteiger partial charge in [0.25, 0.3) is 0 Å². The van der Waals surface area contributed by atoms with Gasteiger partial charge in [-0.25, -0.2) is 0 Å². The van der Waals surface area contributed by atoms with Crippen LogP contribution in [0.4, 0.5) is 0 Å². The van der Waals surface area contributed by atoms with Gasteiger partial charge in [0.1, 0.15) is 0 Å². The van der Waals surface area contributed by atoms with Gasteiger partial charge < -0.3 is 19.7 Å². The zero-order valence-electron chi connectivity index (χ0n) is 38.9. The summed E-state index contributed by atoms with van der Waals surface area (Å²) in [6.45, 7) is 19.3. The Kier molecular flexibility index (Phi) is 39.2. The van der Waals surface area contributed by atoms with E-state index >= 15 is 0 Å². The first-order valence-corrected chi connectivity index (χ1v) is 25.5. The Morgan fingerprint density at radius 1 is 0.456 bits per heavy atom. The first kappa shape index (κ1) is 53.8. The molecule has 0 spiro atoms. The van der Waals surface area contributed by atoms with Gasteiger partial charge in [-0.05, 0) is 64.5 Å². The molecular weight excluding hydrogens is 707 g/mol. The van der Waals surface area contributed by atoms with Crippen LogP contribution in [0.5, 0.6) is 0 Å². The third-order valence-electron chi connectivity index (χ3n) is 12.5. The summed E-state index contributed by atoms with van der Waals surface area (Å²) in [4.78, 5) is 31.4. The molecule has 0 radical (unpaired) electrons. The van der Waals surface area contributed by atoms with E-state index in [1.165, 1.54) is 128 Å². The normalized spacial score (nSPS) is 14.6. The maximum atomic E-state index is 13.1. The fourth-order valence-electron chi connectivity index (χ4n) is 8.45. The molecule has 7 nitrogen and oxygen atoms in total. The second-order valence-corrected chi connectivity index (χ2v) is 17.8. The average Bonchev–Trinajstić information content (AvgIpc) is 3.22. The van der Waals surface area contributed by atoms with Crippen molar-refractivity contribution in [2.45, 2.75) is 233 Å². The van der Waals surface area contributed by atoms with Crippen molar-refractivity contribution in [2.24, 2.45) is 11.8 Å². The lowest BCUT2D eigenvalue weighted by Crippen LogP contribution is -2.46. The molecule has 0 aromatic carbocycles. The molecule has 0 bridgehead atoms. The summed E-state index contributed by atoms with van der Waals surface area (Å²) in [5, 5.41) is 3.49. The van der Waals surface area contributed by atoms with Gasteiger partial charge in [-0.3, -0.25) is 14.5 Å². The van der Waals surface area contributed by atoms with Crippen LogP contribution in [-0.4, -0.2) is 87.3 Å². The van der Waals surface area contributed by atoms with E-state index in [1.54, 1.807) is 0 Å². The second kappa shape index (κ2) is 41.5. The van der Waals surface area contributed by atoms with Gasteiger partial charge in [-0.1, -0.05) is 182 Å². The number of carbonyl (C=O) groups excluding carboxylic acids is 2. The summed E-state index contributed by atoms with van der Waals surface area (Å²) in [5.41, 5.74) is 0. The Hall–Kier alpha value is -1.18. The number of carbonyl (C=O) groups is 2. The van der Waals surface area contributed by atoms with Gasteiger partial charge in [0.05, 0.1) is 25.0 Å². The highest BCUT2D eigenvalue weighted by atomic mass is 16.5. The third kappa shape index (κ3) is 33.3. The monoisotopic (exact) mass is 806 g/mol. The molecule has 0 aromatic rings. The predicted molar refractivity (Wildman–Crippen MR) is 245 cm³/mol. The number of piperazine rings is 1. The smallest absolute Gasteiger partial charge is 0.308 e.